The Balaban J connectivity index is 1.77. The van der Waals surface area contributed by atoms with Crippen molar-refractivity contribution in [3.8, 4) is 17.1 Å². The molecule has 0 bridgehead atoms. The van der Waals surface area contributed by atoms with Gasteiger partial charge in [-0.25, -0.2) is 4.79 Å². The predicted molar refractivity (Wildman–Crippen MR) is 89.4 cm³/mol. The van der Waals surface area contributed by atoms with E-state index in [1.54, 1.807) is 31.2 Å². The minimum absolute atomic E-state index is 0.0922. The lowest BCUT2D eigenvalue weighted by molar-refractivity contribution is -0.141. The third-order valence-electron chi connectivity index (χ3n) is 3.98. The van der Waals surface area contributed by atoms with Crippen LogP contribution in [0.3, 0.4) is 0 Å². The average molecular weight is 379 g/mol. The molecule has 0 aliphatic carbocycles. The molecule has 0 atom stereocenters. The summed E-state index contributed by atoms with van der Waals surface area (Å²) in [7, 11) is 0. The number of carbonyl (C=O) groups is 1. The molecule has 3 aromatic rings. The highest BCUT2D eigenvalue weighted by molar-refractivity contribution is 5.92. The van der Waals surface area contributed by atoms with Gasteiger partial charge in [-0.3, -0.25) is 0 Å². The number of carbonyl (C=O) groups excluding carboxylic acids is 1. The number of aryl methyl sites for hydroxylation is 2. The maximum atomic E-state index is 12.7. The van der Waals surface area contributed by atoms with Crippen molar-refractivity contribution in [2.45, 2.75) is 33.5 Å². The fraction of sp³-hybridized carbons (Fsp3) is 0.278. The number of nitrogens with zero attached hydrogens (tertiary/aromatic N) is 3. The third kappa shape index (κ3) is 4.18. The third-order valence-corrected chi connectivity index (χ3v) is 3.98. The van der Waals surface area contributed by atoms with Gasteiger partial charge in [0.25, 0.3) is 0 Å². The molecule has 0 aliphatic heterocycles. The fourth-order valence-electron chi connectivity index (χ4n) is 2.68. The Kier molecular flexibility index (Phi) is 4.77. The molecule has 6 nitrogen and oxygen atoms in total. The molecule has 0 radical (unpaired) electrons. The normalized spacial score (nSPS) is 11.6. The summed E-state index contributed by atoms with van der Waals surface area (Å²) >= 11 is 0. The highest BCUT2D eigenvalue weighted by Gasteiger charge is 2.30. The summed E-state index contributed by atoms with van der Waals surface area (Å²) in [6.45, 7) is 3.48. The van der Waals surface area contributed by atoms with Crippen LogP contribution in [0.2, 0.25) is 0 Å². The summed E-state index contributed by atoms with van der Waals surface area (Å²) in [5.74, 6) is 0.361. The Labute approximate surface area is 152 Å². The predicted octanol–water partition coefficient (Wildman–Crippen LogP) is 4.24. The molecule has 9 heteroatoms. The Morgan fingerprint density at radius 3 is 2.41 bits per heavy atom. The summed E-state index contributed by atoms with van der Waals surface area (Å²) in [5, 5.41) is 3.79. The molecule has 0 spiro atoms. The van der Waals surface area contributed by atoms with Crippen LogP contribution in [0.1, 0.15) is 27.6 Å². The van der Waals surface area contributed by atoms with E-state index in [2.05, 4.69) is 10.1 Å². The van der Waals surface area contributed by atoms with Gasteiger partial charge in [-0.05, 0) is 44.2 Å². The summed E-state index contributed by atoms with van der Waals surface area (Å²) in [6.07, 6.45) is -4.38. The van der Waals surface area contributed by atoms with Crippen LogP contribution in [0, 0.1) is 20.8 Å². The van der Waals surface area contributed by atoms with Crippen LogP contribution in [0.5, 0.6) is 5.75 Å². The summed E-state index contributed by atoms with van der Waals surface area (Å²) in [5.41, 5.74) is 1.30. The van der Waals surface area contributed by atoms with Crippen LogP contribution in [0.25, 0.3) is 11.4 Å². The number of esters is 1. The van der Waals surface area contributed by atoms with E-state index in [4.69, 9.17) is 9.26 Å². The second kappa shape index (κ2) is 6.90. The van der Waals surface area contributed by atoms with Crippen molar-refractivity contribution in [2.24, 2.45) is 0 Å². The van der Waals surface area contributed by atoms with Crippen LogP contribution < -0.4 is 4.74 Å². The van der Waals surface area contributed by atoms with Crippen LogP contribution >= 0.6 is 0 Å². The van der Waals surface area contributed by atoms with Crippen LogP contribution in [0.15, 0.2) is 34.9 Å². The Hall–Kier alpha value is -3.10. The Bertz CT molecular complexity index is 972. The number of rotatable bonds is 4. The minimum atomic E-state index is -4.38. The molecule has 0 N–H and O–H groups in total. The maximum Gasteiger partial charge on any atom is 0.406 e. The zero-order valence-electron chi connectivity index (χ0n) is 14.8. The Morgan fingerprint density at radius 2 is 1.85 bits per heavy atom. The molecule has 3 rings (SSSR count). The van der Waals surface area contributed by atoms with Gasteiger partial charge in [-0.15, -0.1) is 0 Å². The molecule has 0 saturated heterocycles. The van der Waals surface area contributed by atoms with Crippen LogP contribution in [0.4, 0.5) is 13.2 Å². The van der Waals surface area contributed by atoms with Gasteiger partial charge < -0.3 is 13.8 Å². The number of hydrogen-bond acceptors (Lipinski definition) is 5. The van der Waals surface area contributed by atoms with E-state index < -0.39 is 18.7 Å². The lowest BCUT2D eigenvalue weighted by atomic mass is 10.2. The molecule has 0 fully saturated rings. The van der Waals surface area contributed by atoms with Crippen molar-refractivity contribution in [1.29, 1.82) is 0 Å². The first-order chi connectivity index (χ1) is 12.6. The largest absolute Gasteiger partial charge is 0.423 e. The molecular weight excluding hydrogens is 363 g/mol. The van der Waals surface area contributed by atoms with Gasteiger partial charge in [0.15, 0.2) is 0 Å². The zero-order valence-corrected chi connectivity index (χ0v) is 14.8. The zero-order chi connectivity index (χ0) is 19.8. The monoisotopic (exact) mass is 379 g/mol. The SMILES string of the molecule is Cc1nc(-c2ccc(OC(=O)c3cc(C)n(CC(F)(F)F)c3C)cc2)no1. The van der Waals surface area contributed by atoms with E-state index in [0.717, 1.165) is 4.57 Å². The van der Waals surface area contributed by atoms with E-state index in [9.17, 15) is 18.0 Å². The van der Waals surface area contributed by atoms with Gasteiger partial charge in [-0.1, -0.05) is 5.16 Å². The van der Waals surface area contributed by atoms with E-state index in [-0.39, 0.29) is 17.0 Å². The standard InChI is InChI=1S/C18H16F3N3O3/c1-10-8-15(11(2)24(10)9-18(19,20)21)17(25)26-14-6-4-13(5-7-14)16-22-12(3)27-23-16/h4-8H,9H2,1-3H3. The number of ether oxygens (including phenoxy) is 1. The van der Waals surface area contributed by atoms with E-state index >= 15 is 0 Å². The average Bonchev–Trinajstić information content (AvgIpc) is 3.13. The number of hydrogen-bond donors (Lipinski definition) is 0. The first-order valence-electron chi connectivity index (χ1n) is 8.00. The summed E-state index contributed by atoms with van der Waals surface area (Å²) < 4.78 is 49.3. The first-order valence-corrected chi connectivity index (χ1v) is 8.00. The second-order valence-electron chi connectivity index (χ2n) is 6.04. The molecular formula is C18H16F3N3O3. The van der Waals surface area contributed by atoms with Gasteiger partial charge in [0, 0.05) is 23.9 Å². The number of alkyl halides is 3. The van der Waals surface area contributed by atoms with Gasteiger partial charge in [-0.2, -0.15) is 18.2 Å². The Morgan fingerprint density at radius 1 is 1.19 bits per heavy atom. The number of benzene rings is 1. The highest BCUT2D eigenvalue weighted by Crippen LogP contribution is 2.25. The molecule has 0 aliphatic rings. The lowest BCUT2D eigenvalue weighted by Gasteiger charge is -2.12. The van der Waals surface area contributed by atoms with Crippen molar-refractivity contribution >= 4 is 5.97 Å². The van der Waals surface area contributed by atoms with E-state index in [1.165, 1.54) is 19.9 Å². The minimum Gasteiger partial charge on any atom is -0.423 e. The number of aromatic nitrogens is 3. The van der Waals surface area contributed by atoms with Gasteiger partial charge in [0.1, 0.15) is 12.3 Å². The molecule has 142 valence electrons. The van der Waals surface area contributed by atoms with Crippen molar-refractivity contribution in [1.82, 2.24) is 14.7 Å². The van der Waals surface area contributed by atoms with Crippen molar-refractivity contribution < 1.29 is 27.2 Å². The van der Waals surface area contributed by atoms with Crippen molar-refractivity contribution in [3.63, 3.8) is 0 Å². The second-order valence-corrected chi connectivity index (χ2v) is 6.04. The lowest BCUT2D eigenvalue weighted by Crippen LogP contribution is -2.20. The smallest absolute Gasteiger partial charge is 0.406 e. The fourth-order valence-corrected chi connectivity index (χ4v) is 2.68. The van der Waals surface area contributed by atoms with Crippen molar-refractivity contribution in [2.75, 3.05) is 0 Å². The van der Waals surface area contributed by atoms with Gasteiger partial charge >= 0.3 is 12.1 Å². The quantitative estimate of drug-likeness (QED) is 0.501. The van der Waals surface area contributed by atoms with E-state index in [0.29, 0.717) is 23.0 Å². The summed E-state index contributed by atoms with van der Waals surface area (Å²) in [4.78, 5) is 16.5. The molecule has 1 aromatic carbocycles. The van der Waals surface area contributed by atoms with Gasteiger partial charge in [0.2, 0.25) is 11.7 Å². The molecule has 0 unspecified atom stereocenters. The molecule has 2 heterocycles. The topological polar surface area (TPSA) is 70.2 Å². The number of halogens is 3. The highest BCUT2D eigenvalue weighted by atomic mass is 19.4. The first kappa shape index (κ1) is 18.7. The molecule has 0 amide bonds. The summed E-state index contributed by atoms with van der Waals surface area (Å²) in [6, 6.07) is 7.79. The van der Waals surface area contributed by atoms with Crippen molar-refractivity contribution in [3.05, 3.63) is 53.2 Å². The van der Waals surface area contributed by atoms with Crippen LogP contribution in [-0.4, -0.2) is 26.9 Å². The van der Waals surface area contributed by atoms with Gasteiger partial charge in [0.05, 0.1) is 5.56 Å². The molecule has 0 saturated carbocycles. The van der Waals surface area contributed by atoms with E-state index in [1.807, 2.05) is 0 Å². The maximum absolute atomic E-state index is 12.7. The molecule has 2 aromatic heterocycles. The van der Waals surface area contributed by atoms with Crippen LogP contribution in [-0.2, 0) is 6.54 Å². The molecule has 27 heavy (non-hydrogen) atoms.